The lowest BCUT2D eigenvalue weighted by molar-refractivity contribution is -0.119. The van der Waals surface area contributed by atoms with Crippen LogP contribution in [0.2, 0.25) is 0 Å². The van der Waals surface area contributed by atoms with E-state index in [9.17, 15) is 4.79 Å². The van der Waals surface area contributed by atoms with E-state index in [4.69, 9.17) is 4.74 Å². The second-order valence-electron chi connectivity index (χ2n) is 4.00. The van der Waals surface area contributed by atoms with Crippen LogP contribution in [0, 0.1) is 11.8 Å². The zero-order valence-corrected chi connectivity index (χ0v) is 7.99. The van der Waals surface area contributed by atoms with Crippen LogP contribution in [0.5, 0.6) is 0 Å². The van der Waals surface area contributed by atoms with Crippen molar-refractivity contribution < 1.29 is 9.53 Å². The molecule has 2 heteroatoms. The van der Waals surface area contributed by atoms with Gasteiger partial charge in [-0.3, -0.25) is 4.79 Å². The van der Waals surface area contributed by atoms with Gasteiger partial charge in [-0.15, -0.1) is 0 Å². The van der Waals surface area contributed by atoms with Gasteiger partial charge in [-0.1, -0.05) is 18.2 Å². The fourth-order valence-electron chi connectivity index (χ4n) is 2.10. The minimum atomic E-state index is -0.192. The van der Waals surface area contributed by atoms with Crippen LogP contribution in [-0.2, 0) is 9.53 Å². The number of fused-ring (bicyclic) bond motifs is 2. The van der Waals surface area contributed by atoms with Gasteiger partial charge in [0.1, 0.15) is 0 Å². The molecule has 0 N–H and O–H groups in total. The number of carbonyl (C=O) groups is 1. The Morgan fingerprint density at radius 3 is 2.92 bits per heavy atom. The minimum absolute atomic E-state index is 0.0277. The van der Waals surface area contributed by atoms with Crippen LogP contribution in [0.1, 0.15) is 13.3 Å². The molecule has 0 aliphatic heterocycles. The summed E-state index contributed by atoms with van der Waals surface area (Å²) in [4.78, 5) is 11.5. The fourth-order valence-corrected chi connectivity index (χ4v) is 2.10. The van der Waals surface area contributed by atoms with E-state index in [2.05, 4.69) is 13.0 Å². The Labute approximate surface area is 78.3 Å². The third kappa shape index (κ3) is 1.25. The normalized spacial score (nSPS) is 42.5. The molecule has 2 bridgehead atoms. The average molecular weight is 178 g/mol. The Morgan fingerprint density at radius 2 is 2.23 bits per heavy atom. The second-order valence-corrected chi connectivity index (χ2v) is 4.00. The monoisotopic (exact) mass is 178 g/mol. The molecule has 70 valence electrons. The molecule has 0 saturated carbocycles. The molecule has 3 aliphatic carbocycles. The van der Waals surface area contributed by atoms with Crippen LogP contribution < -0.4 is 0 Å². The Kier molecular flexibility index (Phi) is 1.88. The molecule has 3 atom stereocenters. The zero-order chi connectivity index (χ0) is 9.47. The van der Waals surface area contributed by atoms with E-state index in [1.165, 1.54) is 0 Å². The number of ether oxygens (including phenoxy) is 1. The molecule has 2 nitrogen and oxygen atoms in total. The van der Waals surface area contributed by atoms with Gasteiger partial charge in [-0.05, 0) is 19.4 Å². The third-order valence-corrected chi connectivity index (χ3v) is 3.18. The highest BCUT2D eigenvalue weighted by Gasteiger charge is 2.40. The second kappa shape index (κ2) is 2.81. The summed E-state index contributed by atoms with van der Waals surface area (Å²) in [6.07, 6.45) is 8.54. The molecule has 0 aromatic carbocycles. The molecule has 3 rings (SSSR count). The first-order valence-corrected chi connectivity index (χ1v) is 4.61. The lowest BCUT2D eigenvalue weighted by Crippen LogP contribution is -2.39. The molecular formula is C11H14O2. The lowest BCUT2D eigenvalue weighted by Gasteiger charge is -2.36. The first kappa shape index (κ1) is 8.70. The molecule has 0 heterocycles. The first-order chi connectivity index (χ1) is 6.15. The molecule has 0 amide bonds. The summed E-state index contributed by atoms with van der Waals surface area (Å²) in [5.74, 6) is 0.486. The summed E-state index contributed by atoms with van der Waals surface area (Å²) in [7, 11) is 1.72. The first-order valence-electron chi connectivity index (χ1n) is 4.61. The maximum absolute atomic E-state index is 11.5. The highest BCUT2D eigenvalue weighted by molar-refractivity contribution is 5.94. The van der Waals surface area contributed by atoms with Crippen molar-refractivity contribution in [2.24, 2.45) is 11.8 Å². The Bertz CT molecular complexity index is 290. The summed E-state index contributed by atoms with van der Waals surface area (Å²) in [6.45, 7) is 2.07. The van der Waals surface area contributed by atoms with Gasteiger partial charge >= 0.3 is 0 Å². The molecule has 0 aromatic heterocycles. The zero-order valence-electron chi connectivity index (χ0n) is 7.99. The van der Waals surface area contributed by atoms with Gasteiger partial charge in [0.2, 0.25) is 0 Å². The summed E-state index contributed by atoms with van der Waals surface area (Å²) in [5.41, 5.74) is -0.192. The van der Waals surface area contributed by atoms with E-state index in [-0.39, 0.29) is 23.2 Å². The summed E-state index contributed by atoms with van der Waals surface area (Å²) >= 11 is 0. The van der Waals surface area contributed by atoms with Crippen LogP contribution in [0.25, 0.3) is 0 Å². The number of carbonyl (C=O) groups excluding carboxylic acids is 1. The van der Waals surface area contributed by atoms with Gasteiger partial charge in [0.25, 0.3) is 0 Å². The van der Waals surface area contributed by atoms with E-state index in [1.54, 1.807) is 13.2 Å². The van der Waals surface area contributed by atoms with Gasteiger partial charge in [-0.25, -0.2) is 0 Å². The van der Waals surface area contributed by atoms with Crippen molar-refractivity contribution in [3.8, 4) is 0 Å². The van der Waals surface area contributed by atoms with Crippen molar-refractivity contribution in [3.63, 3.8) is 0 Å². The van der Waals surface area contributed by atoms with Gasteiger partial charge in [0.15, 0.2) is 5.78 Å². The molecule has 0 spiro atoms. The van der Waals surface area contributed by atoms with Crippen molar-refractivity contribution >= 4 is 5.78 Å². The van der Waals surface area contributed by atoms with E-state index < -0.39 is 0 Å². The van der Waals surface area contributed by atoms with Gasteiger partial charge in [0.05, 0.1) is 5.60 Å². The molecule has 0 fully saturated rings. The van der Waals surface area contributed by atoms with E-state index in [1.807, 2.05) is 12.2 Å². The number of ketones is 1. The average Bonchev–Trinajstić information content (AvgIpc) is 2.37. The molecule has 0 radical (unpaired) electrons. The van der Waals surface area contributed by atoms with Crippen LogP contribution in [0.3, 0.4) is 0 Å². The van der Waals surface area contributed by atoms with Crippen LogP contribution >= 0.6 is 0 Å². The summed E-state index contributed by atoms with van der Waals surface area (Å²) in [6, 6.07) is 0. The quantitative estimate of drug-likeness (QED) is 0.571. The topological polar surface area (TPSA) is 26.3 Å². The molecule has 0 aromatic rings. The standard InChI is InChI=1S/C11H14O2/c1-11(13-2)7-8-3-4-9(11)5-6-10(8)12/h3-6,8-9H,7H2,1-2H3/t8-,9-,11-/m0/s1. The predicted octanol–water partition coefficient (Wildman–Crippen LogP) is 1.72. The predicted molar refractivity (Wildman–Crippen MR) is 50.3 cm³/mol. The Hall–Kier alpha value is -0.890. The molecular weight excluding hydrogens is 164 g/mol. The molecule has 13 heavy (non-hydrogen) atoms. The number of hydrogen-bond donors (Lipinski definition) is 0. The van der Waals surface area contributed by atoms with Crippen LogP contribution in [-0.4, -0.2) is 18.5 Å². The van der Waals surface area contributed by atoms with E-state index >= 15 is 0 Å². The maximum atomic E-state index is 11.5. The number of methoxy groups -OCH3 is 1. The highest BCUT2D eigenvalue weighted by Crippen LogP contribution is 2.38. The van der Waals surface area contributed by atoms with Crippen molar-refractivity contribution in [2.45, 2.75) is 18.9 Å². The number of hydrogen-bond acceptors (Lipinski definition) is 2. The number of rotatable bonds is 1. The van der Waals surface area contributed by atoms with Crippen molar-refractivity contribution in [2.75, 3.05) is 7.11 Å². The molecule has 3 aliphatic rings. The van der Waals surface area contributed by atoms with Gasteiger partial charge in [0, 0.05) is 18.9 Å². The Balaban J connectivity index is 2.39. The van der Waals surface area contributed by atoms with Crippen LogP contribution in [0.4, 0.5) is 0 Å². The lowest BCUT2D eigenvalue weighted by atomic mass is 9.77. The maximum Gasteiger partial charge on any atom is 0.162 e. The van der Waals surface area contributed by atoms with E-state index in [0.29, 0.717) is 0 Å². The molecule has 0 saturated heterocycles. The van der Waals surface area contributed by atoms with Crippen molar-refractivity contribution in [1.29, 1.82) is 0 Å². The number of allylic oxidation sites excluding steroid dienone is 2. The van der Waals surface area contributed by atoms with Crippen molar-refractivity contribution in [3.05, 3.63) is 24.3 Å². The fraction of sp³-hybridized carbons (Fsp3) is 0.545. The smallest absolute Gasteiger partial charge is 0.162 e. The van der Waals surface area contributed by atoms with Crippen molar-refractivity contribution in [1.82, 2.24) is 0 Å². The minimum Gasteiger partial charge on any atom is -0.378 e. The Morgan fingerprint density at radius 1 is 1.46 bits per heavy atom. The summed E-state index contributed by atoms with van der Waals surface area (Å²) < 4.78 is 5.49. The van der Waals surface area contributed by atoms with Gasteiger partial charge in [-0.2, -0.15) is 0 Å². The van der Waals surface area contributed by atoms with Gasteiger partial charge < -0.3 is 4.74 Å². The largest absolute Gasteiger partial charge is 0.378 e. The summed E-state index contributed by atoms with van der Waals surface area (Å²) in [5, 5.41) is 0. The van der Waals surface area contributed by atoms with Crippen LogP contribution in [0.15, 0.2) is 24.3 Å². The van der Waals surface area contributed by atoms with E-state index in [0.717, 1.165) is 6.42 Å². The SMILES string of the molecule is CO[C@@]1(C)C[C@@H]2C=C[C@H]1C=CC2=O. The molecule has 0 unspecified atom stereocenters. The third-order valence-electron chi connectivity index (χ3n) is 3.18. The highest BCUT2D eigenvalue weighted by atomic mass is 16.5.